The first-order valence-electron chi connectivity index (χ1n) is 8.46. The van der Waals surface area contributed by atoms with Crippen LogP contribution < -0.4 is 10.6 Å². The summed E-state index contributed by atoms with van der Waals surface area (Å²) in [6.07, 6.45) is 2.26. The van der Waals surface area contributed by atoms with Crippen LogP contribution in [-0.4, -0.2) is 42.9 Å². The monoisotopic (exact) mass is 317 g/mol. The first-order valence-corrected chi connectivity index (χ1v) is 8.46. The summed E-state index contributed by atoms with van der Waals surface area (Å²) in [6.45, 7) is 6.73. The van der Waals surface area contributed by atoms with Crippen molar-refractivity contribution in [1.82, 2.24) is 15.5 Å². The molecular weight excluding hydrogens is 290 g/mol. The number of fused-ring (bicyclic) bond motifs is 1. The third kappa shape index (κ3) is 4.79. The van der Waals surface area contributed by atoms with E-state index < -0.39 is 0 Å². The van der Waals surface area contributed by atoms with Gasteiger partial charge in [-0.25, -0.2) is 0 Å². The van der Waals surface area contributed by atoms with Crippen molar-refractivity contribution in [2.75, 3.05) is 26.2 Å². The maximum Gasteiger partial charge on any atom is 0.222 e. The summed E-state index contributed by atoms with van der Waals surface area (Å²) in [6, 6.07) is 7.96. The Labute approximate surface area is 138 Å². The number of nitrogens with one attached hydrogen (secondary N) is 2. The molecule has 1 aromatic rings. The number of amides is 2. The summed E-state index contributed by atoms with van der Waals surface area (Å²) >= 11 is 0. The average Bonchev–Trinajstić information content (AvgIpc) is 2.54. The minimum atomic E-state index is -0.152. The average molecular weight is 317 g/mol. The fourth-order valence-corrected chi connectivity index (χ4v) is 3.09. The van der Waals surface area contributed by atoms with Gasteiger partial charge in [0.05, 0.1) is 12.5 Å². The zero-order valence-corrected chi connectivity index (χ0v) is 14.1. The van der Waals surface area contributed by atoms with E-state index >= 15 is 0 Å². The van der Waals surface area contributed by atoms with Gasteiger partial charge in [0, 0.05) is 26.6 Å². The van der Waals surface area contributed by atoms with Gasteiger partial charge in [-0.05, 0) is 30.5 Å². The van der Waals surface area contributed by atoms with Crippen LogP contribution in [0.5, 0.6) is 0 Å². The standard InChI is InChI=1S/C18H27N3O2/c1-3-9-19-10-11-20-18(23)13-17-16-7-5-4-6-15(16)8-12-21(17)14(2)22/h4-7,17,19H,3,8-13H2,1-2H3,(H,20,23). The molecule has 5 nitrogen and oxygen atoms in total. The lowest BCUT2D eigenvalue weighted by atomic mass is 9.90. The smallest absolute Gasteiger partial charge is 0.222 e. The predicted molar refractivity (Wildman–Crippen MR) is 91.1 cm³/mol. The molecular formula is C18H27N3O2. The molecule has 0 bridgehead atoms. The second-order valence-electron chi connectivity index (χ2n) is 5.98. The van der Waals surface area contributed by atoms with E-state index in [1.165, 1.54) is 5.56 Å². The third-order valence-corrected chi connectivity index (χ3v) is 4.25. The lowest BCUT2D eigenvalue weighted by molar-refractivity contribution is -0.133. The summed E-state index contributed by atoms with van der Waals surface area (Å²) in [5, 5.41) is 6.20. The topological polar surface area (TPSA) is 61.4 Å². The number of nitrogens with zero attached hydrogens (tertiary/aromatic N) is 1. The summed E-state index contributed by atoms with van der Waals surface area (Å²) in [4.78, 5) is 26.0. The minimum Gasteiger partial charge on any atom is -0.355 e. The zero-order chi connectivity index (χ0) is 16.7. The molecule has 1 heterocycles. The van der Waals surface area contributed by atoms with Crippen molar-refractivity contribution < 1.29 is 9.59 Å². The van der Waals surface area contributed by atoms with E-state index in [0.29, 0.717) is 19.5 Å². The fraction of sp³-hybridized carbons (Fsp3) is 0.556. The maximum atomic E-state index is 12.2. The van der Waals surface area contributed by atoms with E-state index in [4.69, 9.17) is 0 Å². The molecule has 0 saturated carbocycles. The summed E-state index contributed by atoms with van der Waals surface area (Å²) < 4.78 is 0. The Bertz CT molecular complexity index is 545. The van der Waals surface area contributed by atoms with Crippen LogP contribution in [0, 0.1) is 0 Å². The Kier molecular flexibility index (Phi) is 6.59. The van der Waals surface area contributed by atoms with Crippen molar-refractivity contribution in [3.8, 4) is 0 Å². The molecule has 2 N–H and O–H groups in total. The molecule has 1 aliphatic heterocycles. The molecule has 0 radical (unpaired) electrons. The van der Waals surface area contributed by atoms with E-state index in [1.54, 1.807) is 6.92 Å². The van der Waals surface area contributed by atoms with Crippen LogP contribution >= 0.6 is 0 Å². The first-order chi connectivity index (χ1) is 11.1. The van der Waals surface area contributed by atoms with Crippen molar-refractivity contribution in [3.63, 3.8) is 0 Å². The Morgan fingerprint density at radius 1 is 1.22 bits per heavy atom. The quantitative estimate of drug-likeness (QED) is 0.752. The maximum absolute atomic E-state index is 12.2. The fourth-order valence-electron chi connectivity index (χ4n) is 3.09. The van der Waals surface area contributed by atoms with Crippen LogP contribution in [0.2, 0.25) is 0 Å². The Hall–Kier alpha value is -1.88. The van der Waals surface area contributed by atoms with Crippen LogP contribution in [0.15, 0.2) is 24.3 Å². The van der Waals surface area contributed by atoms with Gasteiger partial charge >= 0.3 is 0 Å². The SMILES string of the molecule is CCCNCCNC(=O)CC1c2ccccc2CCN1C(C)=O. The summed E-state index contributed by atoms with van der Waals surface area (Å²) in [5.41, 5.74) is 2.35. The van der Waals surface area contributed by atoms with Gasteiger partial charge in [0.1, 0.15) is 0 Å². The highest BCUT2D eigenvalue weighted by molar-refractivity contribution is 5.79. The number of benzene rings is 1. The number of hydrogen-bond donors (Lipinski definition) is 2. The molecule has 23 heavy (non-hydrogen) atoms. The van der Waals surface area contributed by atoms with Gasteiger partial charge in [-0.2, -0.15) is 0 Å². The van der Waals surface area contributed by atoms with Crippen molar-refractivity contribution in [3.05, 3.63) is 35.4 Å². The number of carbonyl (C=O) groups is 2. The van der Waals surface area contributed by atoms with E-state index in [-0.39, 0.29) is 17.9 Å². The molecule has 126 valence electrons. The van der Waals surface area contributed by atoms with Crippen molar-refractivity contribution >= 4 is 11.8 Å². The highest BCUT2D eigenvalue weighted by Gasteiger charge is 2.30. The summed E-state index contributed by atoms with van der Waals surface area (Å²) in [7, 11) is 0. The minimum absolute atomic E-state index is 0.00347. The normalized spacial score (nSPS) is 16.8. The lowest BCUT2D eigenvalue weighted by Gasteiger charge is -2.36. The van der Waals surface area contributed by atoms with E-state index in [2.05, 4.69) is 23.6 Å². The van der Waals surface area contributed by atoms with Crippen LogP contribution in [0.1, 0.15) is 43.9 Å². The molecule has 2 rings (SSSR count). The highest BCUT2D eigenvalue weighted by atomic mass is 16.2. The molecule has 1 unspecified atom stereocenters. The van der Waals surface area contributed by atoms with Gasteiger partial charge in [-0.1, -0.05) is 31.2 Å². The van der Waals surface area contributed by atoms with Crippen LogP contribution in [0.3, 0.4) is 0 Å². The highest BCUT2D eigenvalue weighted by Crippen LogP contribution is 2.32. The van der Waals surface area contributed by atoms with Crippen molar-refractivity contribution in [1.29, 1.82) is 0 Å². The van der Waals surface area contributed by atoms with Gasteiger partial charge in [0.2, 0.25) is 11.8 Å². The first kappa shape index (κ1) is 17.5. The number of rotatable bonds is 7. The van der Waals surface area contributed by atoms with Crippen molar-refractivity contribution in [2.24, 2.45) is 0 Å². The van der Waals surface area contributed by atoms with Gasteiger partial charge in [-0.15, -0.1) is 0 Å². The Morgan fingerprint density at radius 3 is 2.74 bits per heavy atom. The largest absolute Gasteiger partial charge is 0.355 e. The second kappa shape index (κ2) is 8.67. The van der Waals surface area contributed by atoms with Gasteiger partial charge in [-0.3, -0.25) is 9.59 Å². The van der Waals surface area contributed by atoms with Gasteiger partial charge in [0.25, 0.3) is 0 Å². The van der Waals surface area contributed by atoms with Crippen LogP contribution in [0.25, 0.3) is 0 Å². The predicted octanol–water partition coefficient (Wildman–Crippen LogP) is 1.64. The van der Waals surface area contributed by atoms with E-state index in [0.717, 1.165) is 31.5 Å². The van der Waals surface area contributed by atoms with Gasteiger partial charge < -0.3 is 15.5 Å². The molecule has 0 saturated heterocycles. The molecule has 0 aromatic heterocycles. The van der Waals surface area contributed by atoms with E-state index in [1.807, 2.05) is 23.1 Å². The molecule has 2 amide bonds. The Morgan fingerprint density at radius 2 is 2.00 bits per heavy atom. The molecule has 1 atom stereocenters. The molecule has 0 fully saturated rings. The molecule has 1 aliphatic rings. The molecule has 5 heteroatoms. The summed E-state index contributed by atoms with van der Waals surface area (Å²) in [5.74, 6) is 0.0261. The third-order valence-electron chi connectivity index (χ3n) is 4.25. The Balaban J connectivity index is 1.97. The number of hydrogen-bond acceptors (Lipinski definition) is 3. The molecule has 0 aliphatic carbocycles. The number of carbonyl (C=O) groups excluding carboxylic acids is 2. The van der Waals surface area contributed by atoms with Crippen LogP contribution in [0.4, 0.5) is 0 Å². The molecule has 0 spiro atoms. The van der Waals surface area contributed by atoms with E-state index in [9.17, 15) is 9.59 Å². The lowest BCUT2D eigenvalue weighted by Crippen LogP contribution is -2.41. The second-order valence-corrected chi connectivity index (χ2v) is 5.98. The van der Waals surface area contributed by atoms with Crippen molar-refractivity contribution in [2.45, 2.75) is 39.2 Å². The van der Waals surface area contributed by atoms with Crippen LogP contribution in [-0.2, 0) is 16.0 Å². The zero-order valence-electron chi connectivity index (χ0n) is 14.1. The van der Waals surface area contributed by atoms with Gasteiger partial charge in [0.15, 0.2) is 0 Å². The molecule has 1 aromatic carbocycles.